The summed E-state index contributed by atoms with van der Waals surface area (Å²) in [4.78, 5) is 11.4. The smallest absolute Gasteiger partial charge is 0.416 e. The number of nitrogens with two attached hydrogens (primary N) is 1. The fraction of sp³-hybridized carbons (Fsp3) is 0.583. The van der Waals surface area contributed by atoms with Crippen LogP contribution >= 0.6 is 0 Å². The Morgan fingerprint density at radius 2 is 1.97 bits per heavy atom. The zero-order valence-electron chi connectivity index (χ0n) is 20.2. The number of carbonyl (C=O) groups excluding carboxylic acids is 1. The minimum absolute atomic E-state index is 0.000212. The van der Waals surface area contributed by atoms with Gasteiger partial charge in [0.25, 0.3) is 0 Å². The molecular formula is C24H33F3N3O4S+. The maximum atomic E-state index is 13.7. The van der Waals surface area contributed by atoms with Gasteiger partial charge in [0, 0.05) is 25.3 Å². The Bertz CT molecular complexity index is 1110. The van der Waals surface area contributed by atoms with Crippen LogP contribution in [0.25, 0.3) is 0 Å². The maximum Gasteiger partial charge on any atom is 0.416 e. The first-order valence-electron chi connectivity index (χ1n) is 11.8. The van der Waals surface area contributed by atoms with Crippen LogP contribution in [0.15, 0.2) is 34.4 Å². The normalized spacial score (nSPS) is 20.1. The van der Waals surface area contributed by atoms with E-state index in [9.17, 15) is 26.4 Å². The Morgan fingerprint density at radius 1 is 1.29 bits per heavy atom. The number of hydrogen-bond acceptors (Lipinski definition) is 5. The SMILES string of the molecule is CCOC(=O)C[NH2+]C1=C(C=N)C(N(C)S(=O)(=O)c2cc(C(F)(F)F)cc(C3(CC)CC3)c2)CCC1. The van der Waals surface area contributed by atoms with Gasteiger partial charge in [0.1, 0.15) is 5.70 Å². The highest BCUT2D eigenvalue weighted by molar-refractivity contribution is 7.89. The molecule has 3 rings (SSSR count). The molecule has 0 aliphatic heterocycles. The van der Waals surface area contributed by atoms with Gasteiger partial charge in [-0.15, -0.1) is 0 Å². The molecule has 194 valence electrons. The number of alkyl halides is 3. The van der Waals surface area contributed by atoms with Gasteiger partial charge in [-0.25, -0.2) is 13.2 Å². The number of benzene rings is 1. The van der Waals surface area contributed by atoms with Crippen LogP contribution in [0, 0.1) is 5.41 Å². The van der Waals surface area contributed by atoms with E-state index < -0.39 is 44.1 Å². The lowest BCUT2D eigenvalue weighted by atomic mass is 9.92. The third kappa shape index (κ3) is 5.78. The second kappa shape index (κ2) is 10.4. The molecule has 0 spiro atoms. The van der Waals surface area contributed by atoms with Crippen LogP contribution in [0.1, 0.15) is 63.5 Å². The molecule has 11 heteroatoms. The highest BCUT2D eigenvalue weighted by Gasteiger charge is 2.45. The van der Waals surface area contributed by atoms with Crippen molar-refractivity contribution in [3.63, 3.8) is 0 Å². The van der Waals surface area contributed by atoms with E-state index in [1.165, 1.54) is 13.1 Å². The van der Waals surface area contributed by atoms with Crippen LogP contribution in [0.5, 0.6) is 0 Å². The summed E-state index contributed by atoms with van der Waals surface area (Å²) in [5, 5.41) is 9.55. The van der Waals surface area contributed by atoms with Crippen molar-refractivity contribution in [2.75, 3.05) is 20.2 Å². The van der Waals surface area contributed by atoms with Crippen LogP contribution in [0.2, 0.25) is 0 Å². The van der Waals surface area contributed by atoms with Gasteiger partial charge in [-0.3, -0.25) is 0 Å². The fourth-order valence-electron chi connectivity index (χ4n) is 4.76. The lowest BCUT2D eigenvalue weighted by Gasteiger charge is -2.32. The average Bonchev–Trinajstić information content (AvgIpc) is 3.62. The number of rotatable bonds is 10. The number of esters is 1. The second-order valence-corrected chi connectivity index (χ2v) is 11.1. The van der Waals surface area contributed by atoms with Crippen LogP contribution in [0.4, 0.5) is 13.2 Å². The quantitative estimate of drug-likeness (QED) is 0.368. The third-order valence-electron chi connectivity index (χ3n) is 7.12. The fourth-order valence-corrected chi connectivity index (χ4v) is 6.20. The van der Waals surface area contributed by atoms with E-state index in [0.717, 1.165) is 29.4 Å². The highest BCUT2D eigenvalue weighted by Crippen LogP contribution is 2.52. The molecule has 1 fully saturated rings. The van der Waals surface area contributed by atoms with Crippen molar-refractivity contribution < 1.29 is 36.4 Å². The third-order valence-corrected chi connectivity index (χ3v) is 8.97. The Morgan fingerprint density at radius 3 is 2.51 bits per heavy atom. The number of allylic oxidation sites excluding steroid dienone is 1. The number of quaternary nitrogens is 1. The number of nitrogens with zero attached hydrogens (tertiary/aromatic N) is 1. The zero-order valence-corrected chi connectivity index (χ0v) is 21.1. The van der Waals surface area contributed by atoms with Gasteiger partial charge in [-0.1, -0.05) is 6.92 Å². The second-order valence-electron chi connectivity index (χ2n) is 9.15. The molecule has 2 aliphatic rings. The molecule has 0 heterocycles. The predicted octanol–water partition coefficient (Wildman–Crippen LogP) is 3.35. The summed E-state index contributed by atoms with van der Waals surface area (Å²) in [6, 6.07) is 2.42. The molecular weight excluding hydrogens is 483 g/mol. The van der Waals surface area contributed by atoms with Crippen molar-refractivity contribution >= 4 is 22.2 Å². The molecule has 0 radical (unpaired) electrons. The first kappa shape index (κ1) is 27.3. The molecule has 1 atom stereocenters. The Labute approximate surface area is 204 Å². The average molecular weight is 517 g/mol. The van der Waals surface area contributed by atoms with Gasteiger partial charge in [0.15, 0.2) is 6.54 Å². The highest BCUT2D eigenvalue weighted by atomic mass is 32.2. The van der Waals surface area contributed by atoms with E-state index in [-0.39, 0.29) is 13.2 Å². The van der Waals surface area contributed by atoms with Gasteiger partial charge >= 0.3 is 12.1 Å². The predicted molar refractivity (Wildman–Crippen MR) is 124 cm³/mol. The number of sulfonamides is 1. The van der Waals surface area contributed by atoms with Crippen molar-refractivity contribution in [2.45, 2.75) is 74.9 Å². The number of ether oxygens (including phenoxy) is 1. The first-order valence-corrected chi connectivity index (χ1v) is 13.3. The molecule has 1 aromatic rings. The van der Waals surface area contributed by atoms with Crippen LogP contribution in [-0.4, -0.2) is 51.1 Å². The van der Waals surface area contributed by atoms with E-state index >= 15 is 0 Å². The van der Waals surface area contributed by atoms with Crippen LogP contribution in [-0.2, 0) is 31.1 Å². The molecule has 0 saturated heterocycles. The topological polar surface area (TPSA) is 104 Å². The number of halogens is 3. The van der Waals surface area contributed by atoms with Crippen LogP contribution in [0.3, 0.4) is 0 Å². The molecule has 2 aliphatic carbocycles. The molecule has 35 heavy (non-hydrogen) atoms. The summed E-state index contributed by atoms with van der Waals surface area (Å²) in [6.45, 7) is 3.83. The molecule has 7 nitrogen and oxygen atoms in total. The Hall–Kier alpha value is -2.24. The number of carbonyl (C=O) groups is 1. The van der Waals surface area contributed by atoms with Gasteiger partial charge in [0.05, 0.1) is 23.1 Å². The van der Waals surface area contributed by atoms with E-state index in [2.05, 4.69) is 0 Å². The van der Waals surface area contributed by atoms with Crippen LogP contribution < -0.4 is 5.32 Å². The largest absolute Gasteiger partial charge is 0.462 e. The minimum Gasteiger partial charge on any atom is -0.462 e. The van der Waals surface area contributed by atoms with Crippen molar-refractivity contribution in [2.24, 2.45) is 0 Å². The standard InChI is InChI=1S/C24H32F3N3O4S/c1-4-23(9-10-23)16-11-17(24(25,26)27)13-18(12-16)35(32,33)30(3)21-8-6-7-20(19(21)14-28)29-15-22(31)34-5-2/h11-14,21,28-29H,4-10,15H2,1-3H3/p+1. The molecule has 1 unspecified atom stereocenters. The van der Waals surface area contributed by atoms with Crippen molar-refractivity contribution in [1.82, 2.24) is 4.31 Å². The summed E-state index contributed by atoms with van der Waals surface area (Å²) in [5.74, 6) is -0.422. The first-order chi connectivity index (χ1) is 16.4. The van der Waals surface area contributed by atoms with Crippen molar-refractivity contribution in [1.29, 1.82) is 5.41 Å². The summed E-state index contributed by atoms with van der Waals surface area (Å²) < 4.78 is 74.3. The van der Waals surface area contributed by atoms with E-state index in [4.69, 9.17) is 10.1 Å². The Balaban J connectivity index is 1.98. The number of hydrogen-bond donors (Lipinski definition) is 2. The zero-order chi connectivity index (χ0) is 26.0. The molecule has 0 bridgehead atoms. The monoisotopic (exact) mass is 516 g/mol. The lowest BCUT2D eigenvalue weighted by molar-refractivity contribution is -0.600. The van der Waals surface area contributed by atoms with E-state index in [1.54, 1.807) is 12.2 Å². The lowest BCUT2D eigenvalue weighted by Crippen LogP contribution is -2.85. The van der Waals surface area contributed by atoms with Gasteiger partial charge in [0.2, 0.25) is 10.0 Å². The Kier molecular flexibility index (Phi) is 8.12. The molecule has 0 aromatic heterocycles. The number of nitrogens with one attached hydrogen (secondary N) is 1. The molecule has 1 saturated carbocycles. The number of likely N-dealkylation sites (N-methyl/N-ethyl adjacent to an activating group) is 1. The van der Waals surface area contributed by atoms with E-state index in [0.29, 0.717) is 48.6 Å². The molecule has 0 amide bonds. The van der Waals surface area contributed by atoms with Gasteiger partial charge < -0.3 is 15.5 Å². The molecule has 3 N–H and O–H groups in total. The molecule has 1 aromatic carbocycles. The van der Waals surface area contributed by atoms with Crippen molar-refractivity contribution in [3.8, 4) is 0 Å². The summed E-state index contributed by atoms with van der Waals surface area (Å²) in [7, 11) is -2.96. The van der Waals surface area contributed by atoms with Crippen molar-refractivity contribution in [3.05, 3.63) is 40.6 Å². The minimum atomic E-state index is -4.68. The summed E-state index contributed by atoms with van der Waals surface area (Å²) >= 11 is 0. The van der Waals surface area contributed by atoms with Gasteiger partial charge in [-0.2, -0.15) is 17.5 Å². The summed E-state index contributed by atoms with van der Waals surface area (Å²) in [5.41, 5.74) is 0.128. The van der Waals surface area contributed by atoms with E-state index in [1.807, 2.05) is 6.92 Å². The maximum absolute atomic E-state index is 13.7. The summed E-state index contributed by atoms with van der Waals surface area (Å²) in [6.07, 6.45) is 0.0781. The van der Waals surface area contributed by atoms with Gasteiger partial charge in [-0.05, 0) is 68.2 Å².